The van der Waals surface area contributed by atoms with Crippen LogP contribution in [-0.2, 0) is 14.9 Å². The van der Waals surface area contributed by atoms with Gasteiger partial charge in [-0.05, 0) is 38.0 Å². The molecule has 6 nitrogen and oxygen atoms in total. The Kier molecular flexibility index (Phi) is 5.22. The van der Waals surface area contributed by atoms with E-state index in [1.54, 1.807) is 19.9 Å². The van der Waals surface area contributed by atoms with Crippen LogP contribution in [0, 0.1) is 13.8 Å². The van der Waals surface area contributed by atoms with Crippen molar-refractivity contribution in [2.75, 3.05) is 18.6 Å². The van der Waals surface area contributed by atoms with Gasteiger partial charge in [-0.15, -0.1) is 0 Å². The number of H-pyrrole nitrogens is 1. The van der Waals surface area contributed by atoms with Gasteiger partial charge in [-0.25, -0.2) is 4.79 Å². The zero-order chi connectivity index (χ0) is 21.5. The number of ketones is 2. The van der Waals surface area contributed by atoms with Gasteiger partial charge in [0.25, 0.3) is 0 Å². The van der Waals surface area contributed by atoms with E-state index in [-0.39, 0.29) is 29.3 Å². The molecule has 0 spiro atoms. The molecule has 2 aromatic rings. The van der Waals surface area contributed by atoms with Crippen molar-refractivity contribution in [3.63, 3.8) is 0 Å². The molecule has 0 atom stereocenters. The van der Waals surface area contributed by atoms with E-state index in [4.69, 9.17) is 4.74 Å². The molecule has 6 heteroatoms. The third-order valence-corrected chi connectivity index (χ3v) is 5.58. The molecule has 0 aliphatic carbocycles. The molecule has 0 amide bonds. The first kappa shape index (κ1) is 20.6. The summed E-state index contributed by atoms with van der Waals surface area (Å²) in [5.74, 6) is -1.07. The molecular formula is C23H26N2O4. The average Bonchev–Trinajstić information content (AvgIpc) is 3.06. The number of anilines is 1. The maximum absolute atomic E-state index is 12.5. The van der Waals surface area contributed by atoms with E-state index in [0.717, 1.165) is 16.9 Å². The van der Waals surface area contributed by atoms with E-state index in [2.05, 4.69) is 24.9 Å². The molecule has 0 saturated heterocycles. The van der Waals surface area contributed by atoms with Crippen LogP contribution in [0.1, 0.15) is 58.4 Å². The molecular weight excluding hydrogens is 368 g/mol. The summed E-state index contributed by atoms with van der Waals surface area (Å²) >= 11 is 0. The van der Waals surface area contributed by atoms with Crippen molar-refractivity contribution in [2.24, 2.45) is 0 Å². The summed E-state index contributed by atoms with van der Waals surface area (Å²) in [4.78, 5) is 41.6. The van der Waals surface area contributed by atoms with Crippen LogP contribution in [0.25, 0.3) is 0 Å². The fourth-order valence-electron chi connectivity index (χ4n) is 4.14. The Balaban J connectivity index is 1.75. The SMILES string of the molecule is CC(=O)c1c(C)[nH]c(C(=O)OCC(=O)/C=C2\N(C)c3ccccc3C2(C)C)c1C. The predicted octanol–water partition coefficient (Wildman–Crippen LogP) is 3.87. The number of hydrogen-bond acceptors (Lipinski definition) is 5. The van der Waals surface area contributed by atoms with E-state index >= 15 is 0 Å². The lowest BCUT2D eigenvalue weighted by Crippen LogP contribution is -2.25. The maximum atomic E-state index is 12.5. The van der Waals surface area contributed by atoms with E-state index < -0.39 is 5.97 Å². The third-order valence-electron chi connectivity index (χ3n) is 5.58. The highest BCUT2D eigenvalue weighted by Gasteiger charge is 2.38. The number of para-hydroxylation sites is 1. The first-order chi connectivity index (χ1) is 13.6. The minimum absolute atomic E-state index is 0.123. The monoisotopic (exact) mass is 394 g/mol. The lowest BCUT2D eigenvalue weighted by molar-refractivity contribution is -0.117. The van der Waals surface area contributed by atoms with Crippen molar-refractivity contribution in [1.29, 1.82) is 0 Å². The Morgan fingerprint density at radius 1 is 1.17 bits per heavy atom. The molecule has 1 aliphatic heterocycles. The molecule has 2 heterocycles. The van der Waals surface area contributed by atoms with Crippen LogP contribution >= 0.6 is 0 Å². The summed E-state index contributed by atoms with van der Waals surface area (Å²) in [6, 6.07) is 8.02. The molecule has 3 rings (SSSR count). The summed E-state index contributed by atoms with van der Waals surface area (Å²) in [6.45, 7) is 8.63. The van der Waals surface area contributed by atoms with Gasteiger partial charge in [0.1, 0.15) is 5.69 Å². The van der Waals surface area contributed by atoms with Crippen molar-refractivity contribution >= 4 is 23.2 Å². The van der Waals surface area contributed by atoms with E-state index in [1.807, 2.05) is 30.1 Å². The van der Waals surface area contributed by atoms with Gasteiger partial charge in [-0.2, -0.15) is 0 Å². The Bertz CT molecular complexity index is 1040. The van der Waals surface area contributed by atoms with Crippen molar-refractivity contribution < 1.29 is 19.1 Å². The van der Waals surface area contributed by atoms with Crippen LogP contribution in [0.4, 0.5) is 5.69 Å². The molecule has 0 saturated carbocycles. The summed E-state index contributed by atoms with van der Waals surface area (Å²) < 4.78 is 5.22. The second-order valence-electron chi connectivity index (χ2n) is 7.95. The van der Waals surface area contributed by atoms with Crippen LogP contribution < -0.4 is 4.90 Å². The number of carbonyl (C=O) groups excluding carboxylic acids is 3. The predicted molar refractivity (Wildman–Crippen MR) is 112 cm³/mol. The second-order valence-corrected chi connectivity index (χ2v) is 7.95. The number of esters is 1. The summed E-state index contributed by atoms with van der Waals surface area (Å²) in [5, 5.41) is 0. The number of allylic oxidation sites excluding steroid dienone is 1. The first-order valence-corrected chi connectivity index (χ1v) is 9.51. The fourth-order valence-corrected chi connectivity index (χ4v) is 4.14. The normalized spacial score (nSPS) is 16.1. The summed E-state index contributed by atoms with van der Waals surface area (Å²) in [7, 11) is 1.92. The third kappa shape index (κ3) is 3.50. The number of nitrogens with one attached hydrogen (secondary N) is 1. The van der Waals surface area contributed by atoms with Crippen LogP contribution in [0.2, 0.25) is 0 Å². The highest BCUT2D eigenvalue weighted by Crippen LogP contribution is 2.46. The largest absolute Gasteiger partial charge is 0.453 e. The Morgan fingerprint density at radius 2 is 1.83 bits per heavy atom. The van der Waals surface area contributed by atoms with Gasteiger partial charge >= 0.3 is 5.97 Å². The molecule has 0 radical (unpaired) electrons. The van der Waals surface area contributed by atoms with Gasteiger partial charge in [-0.1, -0.05) is 32.0 Å². The molecule has 1 N–H and O–H groups in total. The van der Waals surface area contributed by atoms with Crippen molar-refractivity contribution in [2.45, 2.75) is 40.0 Å². The topological polar surface area (TPSA) is 79.5 Å². The van der Waals surface area contributed by atoms with Gasteiger partial charge in [0.2, 0.25) is 0 Å². The minimum Gasteiger partial charge on any atom is -0.453 e. The number of Topliss-reactive ketones (excluding diaryl/α,β-unsaturated/α-hetero) is 1. The molecule has 0 bridgehead atoms. The molecule has 152 valence electrons. The number of likely N-dealkylation sites (N-methyl/N-ethyl adjacent to an activating group) is 1. The van der Waals surface area contributed by atoms with Crippen LogP contribution in [-0.4, -0.2) is 36.2 Å². The van der Waals surface area contributed by atoms with Crippen LogP contribution in [0.15, 0.2) is 36.0 Å². The summed E-state index contributed by atoms with van der Waals surface area (Å²) in [5.41, 5.74) is 4.58. The number of aromatic nitrogens is 1. The Hall–Kier alpha value is -3.15. The molecule has 29 heavy (non-hydrogen) atoms. The number of aryl methyl sites for hydroxylation is 1. The van der Waals surface area contributed by atoms with Gasteiger partial charge in [0.05, 0.1) is 0 Å². The molecule has 0 fully saturated rings. The molecule has 1 aromatic carbocycles. The Morgan fingerprint density at radius 3 is 2.41 bits per heavy atom. The lowest BCUT2D eigenvalue weighted by atomic mass is 9.83. The average molecular weight is 394 g/mol. The Labute approximate surface area is 170 Å². The lowest BCUT2D eigenvalue weighted by Gasteiger charge is -2.23. The highest BCUT2D eigenvalue weighted by molar-refractivity contribution is 6.02. The second kappa shape index (κ2) is 7.35. The zero-order valence-corrected chi connectivity index (χ0v) is 17.7. The number of carbonyl (C=O) groups is 3. The van der Waals surface area contributed by atoms with Crippen LogP contribution in [0.3, 0.4) is 0 Å². The van der Waals surface area contributed by atoms with Crippen molar-refractivity contribution in [1.82, 2.24) is 4.98 Å². The number of aromatic amines is 1. The molecule has 0 unspecified atom stereocenters. The standard InChI is InChI=1S/C23H26N2O4/c1-13-20(15(3)26)14(2)24-21(13)22(28)29-12-16(27)11-19-23(4,5)17-9-7-8-10-18(17)25(19)6/h7-11,24H,12H2,1-6H3/b19-11-. The zero-order valence-electron chi connectivity index (χ0n) is 17.7. The number of hydrogen-bond donors (Lipinski definition) is 1. The fraction of sp³-hybridized carbons (Fsp3) is 0.348. The number of fused-ring (bicyclic) bond motifs is 1. The van der Waals surface area contributed by atoms with Gasteiger partial charge in [0.15, 0.2) is 18.2 Å². The van der Waals surface area contributed by atoms with E-state index in [1.165, 1.54) is 6.92 Å². The highest BCUT2D eigenvalue weighted by atomic mass is 16.5. The van der Waals surface area contributed by atoms with Crippen molar-refractivity contribution in [3.8, 4) is 0 Å². The minimum atomic E-state index is -0.646. The molecule has 1 aliphatic rings. The number of rotatable bonds is 5. The first-order valence-electron chi connectivity index (χ1n) is 9.51. The summed E-state index contributed by atoms with van der Waals surface area (Å²) in [6.07, 6.45) is 1.54. The van der Waals surface area contributed by atoms with Gasteiger partial charge in [0, 0.05) is 41.2 Å². The molecule has 1 aromatic heterocycles. The maximum Gasteiger partial charge on any atom is 0.355 e. The van der Waals surface area contributed by atoms with E-state index in [9.17, 15) is 14.4 Å². The van der Waals surface area contributed by atoms with Gasteiger partial charge in [-0.3, -0.25) is 9.59 Å². The van der Waals surface area contributed by atoms with Crippen LogP contribution in [0.5, 0.6) is 0 Å². The number of ether oxygens (including phenoxy) is 1. The smallest absolute Gasteiger partial charge is 0.355 e. The van der Waals surface area contributed by atoms with Crippen molar-refractivity contribution in [3.05, 3.63) is 64.1 Å². The number of benzene rings is 1. The van der Waals surface area contributed by atoms with Gasteiger partial charge < -0.3 is 14.6 Å². The quantitative estimate of drug-likeness (QED) is 0.473. The van der Waals surface area contributed by atoms with E-state index in [0.29, 0.717) is 16.8 Å². The number of nitrogens with zero attached hydrogens (tertiary/aromatic N) is 1.